The summed E-state index contributed by atoms with van der Waals surface area (Å²) in [5, 5.41) is 3.43. The van der Waals surface area contributed by atoms with Gasteiger partial charge in [0.25, 0.3) is 0 Å². The molecule has 13 heavy (non-hydrogen) atoms. The Bertz CT molecular complexity index is 98.9. The summed E-state index contributed by atoms with van der Waals surface area (Å²) in [4.78, 5) is 0. The summed E-state index contributed by atoms with van der Waals surface area (Å²) in [7, 11) is 1.69. The minimum absolute atomic E-state index is 0.497. The Morgan fingerprint density at radius 3 is 2.54 bits per heavy atom. The molecule has 0 aliphatic heterocycles. The normalized spacial score (nSPS) is 13.2. The summed E-state index contributed by atoms with van der Waals surface area (Å²) in [6.07, 6.45) is 2.29. The smallest absolute Gasteiger partial charge is 0.0701 e. The van der Waals surface area contributed by atoms with E-state index in [9.17, 15) is 0 Å². The molecular weight excluding hydrogens is 166 g/mol. The summed E-state index contributed by atoms with van der Waals surface area (Å²) < 4.78 is 10.3. The monoisotopic (exact) mass is 189 g/mol. The maximum absolute atomic E-state index is 5.44. The highest BCUT2D eigenvalue weighted by atomic mass is 16.5. The summed E-state index contributed by atoms with van der Waals surface area (Å²) in [6.45, 7) is 7.59. The molecule has 0 amide bonds. The van der Waals surface area contributed by atoms with Crippen LogP contribution in [-0.4, -0.2) is 39.5 Å². The van der Waals surface area contributed by atoms with Crippen molar-refractivity contribution in [3.8, 4) is 0 Å². The van der Waals surface area contributed by atoms with E-state index in [1.165, 1.54) is 6.42 Å². The fourth-order valence-corrected chi connectivity index (χ4v) is 1.04. The van der Waals surface area contributed by atoms with Gasteiger partial charge in [0.1, 0.15) is 0 Å². The van der Waals surface area contributed by atoms with Crippen molar-refractivity contribution in [2.24, 2.45) is 0 Å². The van der Waals surface area contributed by atoms with E-state index in [1.807, 2.05) is 0 Å². The van der Waals surface area contributed by atoms with Crippen LogP contribution in [0.25, 0.3) is 0 Å². The van der Waals surface area contributed by atoms with Gasteiger partial charge in [0.2, 0.25) is 0 Å². The zero-order valence-corrected chi connectivity index (χ0v) is 9.14. The lowest BCUT2D eigenvalue weighted by atomic mass is 10.2. The molecule has 0 rings (SSSR count). The standard InChI is InChI=1S/C10H23NO2/c1-4-6-11-10(5-2)9-13-8-7-12-3/h10-11H,4-9H2,1-3H3. The van der Waals surface area contributed by atoms with Crippen LogP contribution in [-0.2, 0) is 9.47 Å². The first-order valence-electron chi connectivity index (χ1n) is 5.15. The van der Waals surface area contributed by atoms with Crippen LogP contribution < -0.4 is 5.32 Å². The third-order valence-electron chi connectivity index (χ3n) is 1.93. The van der Waals surface area contributed by atoms with Gasteiger partial charge >= 0.3 is 0 Å². The number of rotatable bonds is 9. The van der Waals surface area contributed by atoms with Crippen LogP contribution in [0.3, 0.4) is 0 Å². The van der Waals surface area contributed by atoms with Gasteiger partial charge in [-0.3, -0.25) is 0 Å². The molecule has 0 heterocycles. The Balaban J connectivity index is 3.25. The zero-order chi connectivity index (χ0) is 9.94. The van der Waals surface area contributed by atoms with Crippen molar-refractivity contribution in [2.75, 3.05) is 33.5 Å². The predicted octanol–water partition coefficient (Wildman–Crippen LogP) is 1.43. The second-order valence-corrected chi connectivity index (χ2v) is 3.13. The number of methoxy groups -OCH3 is 1. The molecule has 0 aromatic carbocycles. The summed E-state index contributed by atoms with van der Waals surface area (Å²) in [5.74, 6) is 0. The lowest BCUT2D eigenvalue weighted by Crippen LogP contribution is -2.33. The number of ether oxygens (including phenoxy) is 2. The maximum Gasteiger partial charge on any atom is 0.0701 e. The van der Waals surface area contributed by atoms with Gasteiger partial charge < -0.3 is 14.8 Å². The van der Waals surface area contributed by atoms with Gasteiger partial charge in [-0.1, -0.05) is 13.8 Å². The SMILES string of the molecule is CCCNC(CC)COCCOC. The molecule has 0 fully saturated rings. The largest absolute Gasteiger partial charge is 0.382 e. The molecule has 0 saturated heterocycles. The third kappa shape index (κ3) is 8.22. The van der Waals surface area contributed by atoms with Gasteiger partial charge in [0.05, 0.1) is 19.8 Å². The first-order valence-corrected chi connectivity index (χ1v) is 5.15. The lowest BCUT2D eigenvalue weighted by Gasteiger charge is -2.16. The van der Waals surface area contributed by atoms with Gasteiger partial charge in [-0.25, -0.2) is 0 Å². The average Bonchev–Trinajstić information content (AvgIpc) is 2.17. The number of nitrogens with one attached hydrogen (secondary N) is 1. The van der Waals surface area contributed by atoms with Crippen molar-refractivity contribution in [1.29, 1.82) is 0 Å². The molecule has 0 aliphatic carbocycles. The van der Waals surface area contributed by atoms with Crippen molar-refractivity contribution >= 4 is 0 Å². The predicted molar refractivity (Wildman–Crippen MR) is 55.1 cm³/mol. The van der Waals surface area contributed by atoms with E-state index in [0.29, 0.717) is 19.3 Å². The second kappa shape index (κ2) is 9.96. The first kappa shape index (κ1) is 12.9. The second-order valence-electron chi connectivity index (χ2n) is 3.13. The van der Waals surface area contributed by atoms with Gasteiger partial charge in [-0.05, 0) is 19.4 Å². The van der Waals surface area contributed by atoms with Crippen molar-refractivity contribution in [3.05, 3.63) is 0 Å². The van der Waals surface area contributed by atoms with Crippen LogP contribution >= 0.6 is 0 Å². The van der Waals surface area contributed by atoms with Gasteiger partial charge in [0.15, 0.2) is 0 Å². The molecule has 0 aliphatic rings. The van der Waals surface area contributed by atoms with Crippen LogP contribution in [0.4, 0.5) is 0 Å². The van der Waals surface area contributed by atoms with Crippen LogP contribution in [0.5, 0.6) is 0 Å². The highest BCUT2D eigenvalue weighted by Gasteiger charge is 2.03. The molecule has 80 valence electrons. The van der Waals surface area contributed by atoms with E-state index in [2.05, 4.69) is 19.2 Å². The molecule has 3 nitrogen and oxygen atoms in total. The van der Waals surface area contributed by atoms with Crippen LogP contribution in [0, 0.1) is 0 Å². The van der Waals surface area contributed by atoms with Crippen molar-refractivity contribution in [1.82, 2.24) is 5.32 Å². The molecule has 1 unspecified atom stereocenters. The molecule has 3 heteroatoms. The van der Waals surface area contributed by atoms with Crippen molar-refractivity contribution in [3.63, 3.8) is 0 Å². The number of hydrogen-bond acceptors (Lipinski definition) is 3. The highest BCUT2D eigenvalue weighted by molar-refractivity contribution is 4.62. The van der Waals surface area contributed by atoms with E-state index >= 15 is 0 Å². The fraction of sp³-hybridized carbons (Fsp3) is 1.00. The summed E-state index contributed by atoms with van der Waals surface area (Å²) >= 11 is 0. The van der Waals surface area contributed by atoms with Gasteiger partial charge in [-0.2, -0.15) is 0 Å². The minimum atomic E-state index is 0.497. The topological polar surface area (TPSA) is 30.5 Å². The number of hydrogen-bond donors (Lipinski definition) is 1. The van der Waals surface area contributed by atoms with E-state index < -0.39 is 0 Å². The van der Waals surface area contributed by atoms with E-state index in [1.54, 1.807) is 7.11 Å². The minimum Gasteiger partial charge on any atom is -0.382 e. The molecule has 0 bridgehead atoms. The molecule has 1 N–H and O–H groups in total. The van der Waals surface area contributed by atoms with E-state index in [4.69, 9.17) is 9.47 Å². The Labute approximate surface area is 81.8 Å². The Morgan fingerprint density at radius 1 is 1.23 bits per heavy atom. The molecule has 0 aromatic heterocycles. The Morgan fingerprint density at radius 2 is 2.00 bits per heavy atom. The van der Waals surface area contributed by atoms with Crippen molar-refractivity contribution in [2.45, 2.75) is 32.7 Å². The third-order valence-corrected chi connectivity index (χ3v) is 1.93. The zero-order valence-electron chi connectivity index (χ0n) is 9.14. The van der Waals surface area contributed by atoms with Crippen LogP contribution in [0.15, 0.2) is 0 Å². The van der Waals surface area contributed by atoms with E-state index in [-0.39, 0.29) is 0 Å². The summed E-state index contributed by atoms with van der Waals surface area (Å²) in [6, 6.07) is 0.497. The molecule has 0 aromatic rings. The molecule has 0 spiro atoms. The molecule has 1 atom stereocenters. The maximum atomic E-state index is 5.44. The molecule has 0 saturated carbocycles. The fourth-order valence-electron chi connectivity index (χ4n) is 1.04. The highest BCUT2D eigenvalue weighted by Crippen LogP contribution is 1.92. The van der Waals surface area contributed by atoms with E-state index in [0.717, 1.165) is 19.6 Å². The average molecular weight is 189 g/mol. The Kier molecular flexibility index (Phi) is 9.87. The van der Waals surface area contributed by atoms with Crippen LogP contribution in [0.1, 0.15) is 26.7 Å². The first-order chi connectivity index (χ1) is 6.35. The summed E-state index contributed by atoms with van der Waals surface area (Å²) in [5.41, 5.74) is 0. The lowest BCUT2D eigenvalue weighted by molar-refractivity contribution is 0.0582. The van der Waals surface area contributed by atoms with Crippen molar-refractivity contribution < 1.29 is 9.47 Å². The molecular formula is C10H23NO2. The molecule has 0 radical (unpaired) electrons. The van der Waals surface area contributed by atoms with Gasteiger partial charge in [0, 0.05) is 13.2 Å². The quantitative estimate of drug-likeness (QED) is 0.557. The van der Waals surface area contributed by atoms with Gasteiger partial charge in [-0.15, -0.1) is 0 Å². The van der Waals surface area contributed by atoms with Crippen LogP contribution in [0.2, 0.25) is 0 Å². The Hall–Kier alpha value is -0.120.